The third-order valence-electron chi connectivity index (χ3n) is 4.02. The summed E-state index contributed by atoms with van der Waals surface area (Å²) in [6.07, 6.45) is 1.98. The van der Waals surface area contributed by atoms with Crippen molar-refractivity contribution < 1.29 is 19.1 Å². The Labute approximate surface area is 161 Å². The van der Waals surface area contributed by atoms with Gasteiger partial charge in [0.15, 0.2) is 5.69 Å². The van der Waals surface area contributed by atoms with E-state index < -0.39 is 11.9 Å². The lowest BCUT2D eigenvalue weighted by atomic mass is 10.1. The summed E-state index contributed by atoms with van der Waals surface area (Å²) in [6, 6.07) is 16.7. The van der Waals surface area contributed by atoms with Crippen LogP contribution in [0.3, 0.4) is 0 Å². The smallest absolute Gasteiger partial charge is 0.357 e. The standard InChI is InChI=1S/C20H18N2O4S/c1-25-19(23)16-17(13-9-11-15(27-3)12-10-13)21-22(18(16)20(24)26-2)14-7-5-4-6-8-14/h4-12H,1-3H3. The van der Waals surface area contributed by atoms with Crippen molar-refractivity contribution in [2.75, 3.05) is 20.5 Å². The van der Waals surface area contributed by atoms with Crippen molar-refractivity contribution in [1.82, 2.24) is 9.78 Å². The topological polar surface area (TPSA) is 70.4 Å². The summed E-state index contributed by atoms with van der Waals surface area (Å²) in [6.45, 7) is 0. The van der Waals surface area contributed by atoms with Gasteiger partial charge in [0.2, 0.25) is 0 Å². The van der Waals surface area contributed by atoms with Gasteiger partial charge in [-0.2, -0.15) is 5.10 Å². The molecule has 0 N–H and O–H groups in total. The highest BCUT2D eigenvalue weighted by Gasteiger charge is 2.31. The van der Waals surface area contributed by atoms with E-state index in [-0.39, 0.29) is 11.3 Å². The molecule has 0 aliphatic heterocycles. The van der Waals surface area contributed by atoms with Gasteiger partial charge in [-0.25, -0.2) is 14.3 Å². The second-order valence-electron chi connectivity index (χ2n) is 5.53. The Hall–Kier alpha value is -3.06. The van der Waals surface area contributed by atoms with Gasteiger partial charge in [0, 0.05) is 10.5 Å². The lowest BCUT2D eigenvalue weighted by molar-refractivity contribution is 0.0549. The van der Waals surface area contributed by atoms with E-state index in [2.05, 4.69) is 5.10 Å². The molecule has 0 bridgehead atoms. The Morgan fingerprint density at radius 1 is 0.926 bits per heavy atom. The molecule has 2 aromatic carbocycles. The normalized spacial score (nSPS) is 10.5. The number of aromatic nitrogens is 2. The maximum Gasteiger partial charge on any atom is 0.357 e. The fraction of sp³-hybridized carbons (Fsp3) is 0.150. The Morgan fingerprint density at radius 3 is 2.11 bits per heavy atom. The summed E-state index contributed by atoms with van der Waals surface area (Å²) in [7, 11) is 2.53. The predicted octanol–water partition coefficient (Wildman–Crippen LogP) is 3.83. The van der Waals surface area contributed by atoms with Gasteiger partial charge in [0.05, 0.1) is 19.9 Å². The largest absolute Gasteiger partial charge is 0.465 e. The number of carbonyl (C=O) groups is 2. The maximum absolute atomic E-state index is 12.5. The number of rotatable bonds is 5. The molecule has 1 aromatic heterocycles. The van der Waals surface area contributed by atoms with E-state index in [4.69, 9.17) is 9.47 Å². The van der Waals surface area contributed by atoms with E-state index in [1.54, 1.807) is 23.9 Å². The fourth-order valence-electron chi connectivity index (χ4n) is 2.71. The third kappa shape index (κ3) is 3.59. The number of hydrogen-bond donors (Lipinski definition) is 0. The molecule has 3 rings (SSSR count). The molecule has 0 spiro atoms. The fourth-order valence-corrected chi connectivity index (χ4v) is 3.11. The van der Waals surface area contributed by atoms with Crippen molar-refractivity contribution in [1.29, 1.82) is 0 Å². The molecule has 0 aliphatic carbocycles. The molecule has 0 radical (unpaired) electrons. The van der Waals surface area contributed by atoms with E-state index in [0.29, 0.717) is 16.9 Å². The SMILES string of the molecule is COC(=O)c1c(-c2ccc(SC)cc2)nn(-c2ccccc2)c1C(=O)OC. The zero-order valence-corrected chi connectivity index (χ0v) is 15.9. The molecule has 0 fully saturated rings. The predicted molar refractivity (Wildman–Crippen MR) is 103 cm³/mol. The number of para-hydroxylation sites is 1. The Kier molecular flexibility index (Phi) is 5.61. The molecule has 0 atom stereocenters. The summed E-state index contributed by atoms with van der Waals surface area (Å²) in [4.78, 5) is 26.1. The highest BCUT2D eigenvalue weighted by Crippen LogP contribution is 2.30. The first-order valence-electron chi connectivity index (χ1n) is 8.10. The Balaban J connectivity index is 2.30. The zero-order valence-electron chi connectivity index (χ0n) is 15.1. The molecule has 138 valence electrons. The molecule has 1 heterocycles. The molecule has 0 aliphatic rings. The number of thioether (sulfide) groups is 1. The second kappa shape index (κ2) is 8.09. The van der Waals surface area contributed by atoms with Crippen LogP contribution in [0.15, 0.2) is 59.5 Å². The molecule has 27 heavy (non-hydrogen) atoms. The number of nitrogens with zero attached hydrogens (tertiary/aromatic N) is 2. The highest BCUT2D eigenvalue weighted by molar-refractivity contribution is 7.98. The molecular weight excluding hydrogens is 364 g/mol. The van der Waals surface area contributed by atoms with Crippen molar-refractivity contribution in [3.63, 3.8) is 0 Å². The number of carbonyl (C=O) groups excluding carboxylic acids is 2. The minimum absolute atomic E-state index is 0.0273. The van der Waals surface area contributed by atoms with Crippen LogP contribution in [-0.4, -0.2) is 42.2 Å². The third-order valence-corrected chi connectivity index (χ3v) is 4.76. The Bertz CT molecular complexity index is 966. The first-order valence-corrected chi connectivity index (χ1v) is 9.32. The van der Waals surface area contributed by atoms with Crippen LogP contribution < -0.4 is 0 Å². The molecule has 0 saturated carbocycles. The summed E-state index contributed by atoms with van der Waals surface area (Å²) in [5.74, 6) is -1.32. The minimum Gasteiger partial charge on any atom is -0.465 e. The van der Waals surface area contributed by atoms with Crippen LogP contribution in [0.5, 0.6) is 0 Å². The summed E-state index contributed by atoms with van der Waals surface area (Å²) in [5.41, 5.74) is 1.80. The van der Waals surface area contributed by atoms with E-state index >= 15 is 0 Å². The highest BCUT2D eigenvalue weighted by atomic mass is 32.2. The van der Waals surface area contributed by atoms with Crippen LogP contribution in [0.1, 0.15) is 20.8 Å². The van der Waals surface area contributed by atoms with Crippen molar-refractivity contribution in [2.24, 2.45) is 0 Å². The number of esters is 2. The minimum atomic E-state index is -0.668. The van der Waals surface area contributed by atoms with Gasteiger partial charge >= 0.3 is 11.9 Å². The molecule has 7 heteroatoms. The second-order valence-corrected chi connectivity index (χ2v) is 6.41. The average Bonchev–Trinajstić information content (AvgIpc) is 3.14. The van der Waals surface area contributed by atoms with Gasteiger partial charge in [0.1, 0.15) is 11.3 Å². The lowest BCUT2D eigenvalue weighted by Crippen LogP contribution is -2.15. The van der Waals surface area contributed by atoms with Crippen molar-refractivity contribution in [3.05, 3.63) is 65.9 Å². The van der Waals surface area contributed by atoms with E-state index in [9.17, 15) is 9.59 Å². The first kappa shape index (κ1) is 18.7. The van der Waals surface area contributed by atoms with E-state index in [1.165, 1.54) is 18.9 Å². The van der Waals surface area contributed by atoms with Gasteiger partial charge in [0.25, 0.3) is 0 Å². The molecule has 3 aromatic rings. The maximum atomic E-state index is 12.5. The molecule has 0 saturated heterocycles. The van der Waals surface area contributed by atoms with Crippen molar-refractivity contribution in [3.8, 4) is 16.9 Å². The van der Waals surface area contributed by atoms with Gasteiger partial charge in [-0.05, 0) is 30.5 Å². The number of hydrogen-bond acceptors (Lipinski definition) is 6. The number of methoxy groups -OCH3 is 2. The van der Waals surface area contributed by atoms with Crippen LogP contribution in [0.25, 0.3) is 16.9 Å². The number of ether oxygens (including phenoxy) is 2. The Morgan fingerprint density at radius 2 is 1.56 bits per heavy atom. The summed E-state index contributed by atoms with van der Waals surface area (Å²) >= 11 is 1.61. The van der Waals surface area contributed by atoms with Crippen LogP contribution in [0.4, 0.5) is 0 Å². The van der Waals surface area contributed by atoms with Gasteiger partial charge in [-0.3, -0.25) is 0 Å². The van der Waals surface area contributed by atoms with E-state index in [1.807, 2.05) is 48.7 Å². The van der Waals surface area contributed by atoms with Crippen molar-refractivity contribution >= 4 is 23.7 Å². The van der Waals surface area contributed by atoms with Gasteiger partial charge in [-0.1, -0.05) is 30.3 Å². The quantitative estimate of drug-likeness (QED) is 0.493. The van der Waals surface area contributed by atoms with Crippen LogP contribution in [-0.2, 0) is 9.47 Å². The van der Waals surface area contributed by atoms with Crippen LogP contribution >= 0.6 is 11.8 Å². The molecule has 0 amide bonds. The summed E-state index contributed by atoms with van der Waals surface area (Å²) < 4.78 is 11.2. The number of benzene rings is 2. The molecular formula is C20H18N2O4S. The summed E-state index contributed by atoms with van der Waals surface area (Å²) in [5, 5.41) is 4.55. The van der Waals surface area contributed by atoms with Gasteiger partial charge in [-0.15, -0.1) is 11.8 Å². The van der Waals surface area contributed by atoms with Gasteiger partial charge < -0.3 is 9.47 Å². The molecule has 0 unspecified atom stereocenters. The monoisotopic (exact) mass is 382 g/mol. The van der Waals surface area contributed by atoms with Crippen LogP contribution in [0, 0.1) is 0 Å². The lowest BCUT2D eigenvalue weighted by Gasteiger charge is -2.07. The first-order chi connectivity index (χ1) is 13.1. The van der Waals surface area contributed by atoms with Crippen LogP contribution in [0.2, 0.25) is 0 Å². The average molecular weight is 382 g/mol. The molecule has 6 nitrogen and oxygen atoms in total. The van der Waals surface area contributed by atoms with Crippen molar-refractivity contribution in [2.45, 2.75) is 4.90 Å². The van der Waals surface area contributed by atoms with E-state index in [0.717, 1.165) is 4.90 Å². The zero-order chi connectivity index (χ0) is 19.4.